The predicted octanol–water partition coefficient (Wildman–Crippen LogP) is 3.93. The van der Waals surface area contributed by atoms with Gasteiger partial charge in [0.25, 0.3) is 0 Å². The van der Waals surface area contributed by atoms with Crippen molar-refractivity contribution < 1.29 is 14.3 Å². The summed E-state index contributed by atoms with van der Waals surface area (Å²) in [6, 6.07) is 5.59. The average molecular weight is 329 g/mol. The highest BCUT2D eigenvalue weighted by atomic mass is 16.6. The van der Waals surface area contributed by atoms with Gasteiger partial charge in [-0.3, -0.25) is 4.90 Å². The van der Waals surface area contributed by atoms with Crippen molar-refractivity contribution in [2.45, 2.75) is 45.1 Å². The van der Waals surface area contributed by atoms with Gasteiger partial charge >= 0.3 is 6.09 Å². The fraction of sp³-hybridized carbons (Fsp3) is 0.500. The average Bonchev–Trinajstić information content (AvgIpc) is 2.98. The number of hydrogen-bond donors (Lipinski definition) is 0. The van der Waals surface area contributed by atoms with Crippen molar-refractivity contribution in [3.05, 3.63) is 24.4 Å². The summed E-state index contributed by atoms with van der Waals surface area (Å²) >= 11 is 0. The molecule has 24 heavy (non-hydrogen) atoms. The van der Waals surface area contributed by atoms with Crippen LogP contribution in [0.2, 0.25) is 0 Å². The Bertz CT molecular complexity index is 720. The molecule has 1 aromatic heterocycles. The van der Waals surface area contributed by atoms with Crippen molar-refractivity contribution in [3.63, 3.8) is 0 Å². The molecule has 0 aliphatic carbocycles. The Morgan fingerprint density at radius 1 is 1.29 bits per heavy atom. The monoisotopic (exact) mass is 329 g/mol. The lowest BCUT2D eigenvalue weighted by Crippen LogP contribution is -2.24. The van der Waals surface area contributed by atoms with Gasteiger partial charge < -0.3 is 9.47 Å². The van der Waals surface area contributed by atoms with Gasteiger partial charge in [-0.15, -0.1) is 0 Å². The highest BCUT2D eigenvalue weighted by Gasteiger charge is 2.32. The number of unbranched alkanes of at least 4 members (excludes halogenated alkanes) is 3. The largest absolute Gasteiger partial charge is 0.480 e. The molecular weight excluding hydrogens is 306 g/mol. The molecule has 3 rings (SSSR count). The number of benzene rings is 1. The Hall–Kier alpha value is -2.37. The van der Waals surface area contributed by atoms with Gasteiger partial charge in [-0.1, -0.05) is 26.2 Å². The van der Waals surface area contributed by atoms with Crippen molar-refractivity contribution in [1.29, 1.82) is 0 Å². The van der Waals surface area contributed by atoms with Crippen molar-refractivity contribution >= 4 is 22.8 Å². The van der Waals surface area contributed by atoms with Crippen molar-refractivity contribution in [1.82, 2.24) is 9.97 Å². The third kappa shape index (κ3) is 3.58. The van der Waals surface area contributed by atoms with Gasteiger partial charge in [-0.05, 0) is 31.0 Å². The zero-order valence-corrected chi connectivity index (χ0v) is 14.2. The molecule has 0 saturated carbocycles. The number of rotatable bonds is 7. The Labute approximate surface area is 141 Å². The summed E-state index contributed by atoms with van der Waals surface area (Å²) in [6.45, 7) is 2.79. The molecule has 6 heteroatoms. The second-order valence-corrected chi connectivity index (χ2v) is 6.05. The van der Waals surface area contributed by atoms with Gasteiger partial charge in [-0.2, -0.15) is 0 Å². The molecule has 0 bridgehead atoms. The fourth-order valence-corrected chi connectivity index (χ4v) is 2.93. The van der Waals surface area contributed by atoms with Gasteiger partial charge in [0.15, 0.2) is 0 Å². The number of aromatic nitrogens is 2. The van der Waals surface area contributed by atoms with Gasteiger partial charge in [0.1, 0.15) is 6.10 Å². The Kier molecular flexibility index (Phi) is 5.13. The van der Waals surface area contributed by atoms with Crippen LogP contribution in [-0.2, 0) is 4.74 Å². The van der Waals surface area contributed by atoms with E-state index in [0.717, 1.165) is 29.6 Å². The lowest BCUT2D eigenvalue weighted by Gasteiger charge is -2.13. The number of cyclic esters (lactones) is 1. The first-order chi connectivity index (χ1) is 11.7. The second-order valence-electron chi connectivity index (χ2n) is 6.05. The van der Waals surface area contributed by atoms with Crippen LogP contribution in [0, 0.1) is 0 Å². The minimum Gasteiger partial charge on any atom is -0.480 e. The van der Waals surface area contributed by atoms with Crippen LogP contribution in [0.25, 0.3) is 11.0 Å². The van der Waals surface area contributed by atoms with E-state index < -0.39 is 0 Å². The van der Waals surface area contributed by atoms with Crippen LogP contribution in [0.1, 0.15) is 39.0 Å². The molecule has 1 aromatic carbocycles. The van der Waals surface area contributed by atoms with Crippen molar-refractivity contribution in [2.24, 2.45) is 0 Å². The third-order valence-corrected chi connectivity index (χ3v) is 4.28. The standard InChI is InChI=1S/C18H23N3O3/c1-3-4-5-6-7-14-12-21(18(22)24-14)13-8-9-15-16(10-13)19-11-17(20-15)23-2/h8-11,14H,3-7,12H2,1-2H3. The van der Waals surface area contributed by atoms with Crippen molar-refractivity contribution in [3.8, 4) is 5.88 Å². The molecule has 128 valence electrons. The summed E-state index contributed by atoms with van der Waals surface area (Å²) in [5, 5.41) is 0. The molecule has 1 amide bonds. The van der Waals surface area contributed by atoms with Crippen LogP contribution in [-0.4, -0.2) is 35.8 Å². The number of anilines is 1. The molecule has 0 spiro atoms. The predicted molar refractivity (Wildman–Crippen MR) is 92.5 cm³/mol. The van der Waals surface area contributed by atoms with Crippen LogP contribution in [0.3, 0.4) is 0 Å². The Morgan fingerprint density at radius 3 is 2.96 bits per heavy atom. The van der Waals surface area contributed by atoms with E-state index in [2.05, 4.69) is 16.9 Å². The van der Waals surface area contributed by atoms with E-state index in [1.165, 1.54) is 19.3 Å². The summed E-state index contributed by atoms with van der Waals surface area (Å²) in [5.74, 6) is 0.475. The molecule has 2 aromatic rings. The minimum absolute atomic E-state index is 0.0213. The first-order valence-electron chi connectivity index (χ1n) is 8.50. The summed E-state index contributed by atoms with van der Waals surface area (Å²) in [7, 11) is 1.56. The van der Waals surface area contributed by atoms with E-state index in [1.807, 2.05) is 18.2 Å². The molecule has 1 aliphatic rings. The SMILES string of the molecule is CCCCCCC1CN(c2ccc3nc(OC)cnc3c2)C(=O)O1. The molecule has 1 fully saturated rings. The van der Waals surface area contributed by atoms with E-state index in [0.29, 0.717) is 12.4 Å². The lowest BCUT2D eigenvalue weighted by molar-refractivity contribution is 0.135. The number of hydrogen-bond acceptors (Lipinski definition) is 5. The normalized spacial score (nSPS) is 17.3. The van der Waals surface area contributed by atoms with E-state index in [9.17, 15) is 4.79 Å². The number of methoxy groups -OCH3 is 1. The molecule has 0 N–H and O–H groups in total. The second kappa shape index (κ2) is 7.47. The first-order valence-corrected chi connectivity index (χ1v) is 8.50. The van der Waals surface area contributed by atoms with Crippen LogP contribution in [0.4, 0.5) is 10.5 Å². The number of amides is 1. The number of fused-ring (bicyclic) bond motifs is 1. The minimum atomic E-state index is -0.281. The summed E-state index contributed by atoms with van der Waals surface area (Å²) in [4.78, 5) is 22.5. The van der Waals surface area contributed by atoms with Gasteiger partial charge in [0, 0.05) is 5.69 Å². The topological polar surface area (TPSA) is 64.5 Å². The van der Waals surface area contributed by atoms with E-state index >= 15 is 0 Å². The number of carbonyl (C=O) groups excluding carboxylic acids is 1. The highest BCUT2D eigenvalue weighted by molar-refractivity contribution is 5.92. The molecule has 1 atom stereocenters. The summed E-state index contributed by atoms with van der Waals surface area (Å²) in [6.07, 6.45) is 6.93. The van der Waals surface area contributed by atoms with Crippen LogP contribution in [0.15, 0.2) is 24.4 Å². The maximum Gasteiger partial charge on any atom is 0.414 e. The lowest BCUT2D eigenvalue weighted by atomic mass is 10.1. The smallest absolute Gasteiger partial charge is 0.414 e. The Morgan fingerprint density at radius 2 is 2.17 bits per heavy atom. The molecule has 6 nitrogen and oxygen atoms in total. The molecule has 0 radical (unpaired) electrons. The van der Waals surface area contributed by atoms with E-state index in [4.69, 9.17) is 9.47 Å². The van der Waals surface area contributed by atoms with Crippen LogP contribution >= 0.6 is 0 Å². The van der Waals surface area contributed by atoms with Crippen LogP contribution < -0.4 is 9.64 Å². The van der Waals surface area contributed by atoms with Crippen molar-refractivity contribution in [2.75, 3.05) is 18.6 Å². The zero-order valence-electron chi connectivity index (χ0n) is 14.2. The number of carbonyl (C=O) groups is 1. The third-order valence-electron chi connectivity index (χ3n) is 4.28. The van der Waals surface area contributed by atoms with E-state index in [1.54, 1.807) is 18.2 Å². The number of ether oxygens (including phenoxy) is 2. The van der Waals surface area contributed by atoms with Gasteiger partial charge in [0.2, 0.25) is 5.88 Å². The Balaban J connectivity index is 1.69. The molecule has 1 aliphatic heterocycles. The molecule has 1 saturated heterocycles. The summed E-state index contributed by atoms with van der Waals surface area (Å²) < 4.78 is 10.6. The molecule has 2 heterocycles. The van der Waals surface area contributed by atoms with E-state index in [-0.39, 0.29) is 12.2 Å². The molecular formula is C18H23N3O3. The first kappa shape index (κ1) is 16.5. The highest BCUT2D eigenvalue weighted by Crippen LogP contribution is 2.26. The maximum absolute atomic E-state index is 12.2. The fourth-order valence-electron chi connectivity index (χ4n) is 2.93. The summed E-state index contributed by atoms with van der Waals surface area (Å²) in [5.41, 5.74) is 2.26. The quantitative estimate of drug-likeness (QED) is 0.720. The van der Waals surface area contributed by atoms with Gasteiger partial charge in [0.05, 0.1) is 30.9 Å². The maximum atomic E-state index is 12.2. The molecule has 1 unspecified atom stereocenters. The van der Waals surface area contributed by atoms with Crippen LogP contribution in [0.5, 0.6) is 5.88 Å². The zero-order chi connectivity index (χ0) is 16.9. The number of nitrogens with zero attached hydrogens (tertiary/aromatic N) is 3. The van der Waals surface area contributed by atoms with Gasteiger partial charge in [-0.25, -0.2) is 14.8 Å².